The molecule has 16 heteroatoms. The molecule has 0 bridgehead atoms. The third kappa shape index (κ3) is 11.1. The van der Waals surface area contributed by atoms with Gasteiger partial charge in [0.05, 0.1) is 18.9 Å². The van der Waals surface area contributed by atoms with Crippen LogP contribution < -0.4 is 38.9 Å². The van der Waals surface area contributed by atoms with E-state index in [0.29, 0.717) is 0 Å². The summed E-state index contributed by atoms with van der Waals surface area (Å²) in [5, 5.41) is 15.5. The molecule has 4 unspecified atom stereocenters. The van der Waals surface area contributed by atoms with Gasteiger partial charge in [-0.05, 0) is 6.42 Å². The summed E-state index contributed by atoms with van der Waals surface area (Å²) >= 11 is 3.94. The minimum absolute atomic E-state index is 0.0782. The molecular weight excluding hydrogens is 450 g/mol. The third-order valence-electron chi connectivity index (χ3n) is 3.91. The molecule has 0 radical (unpaired) electrons. The fraction of sp³-hybridized carbons (Fsp3) is 0.562. The Labute approximate surface area is 187 Å². The van der Waals surface area contributed by atoms with Crippen molar-refractivity contribution in [2.45, 2.75) is 49.9 Å². The van der Waals surface area contributed by atoms with Crippen LogP contribution in [-0.4, -0.2) is 76.4 Å². The molecule has 6 amide bonds. The summed E-state index contributed by atoms with van der Waals surface area (Å²) in [6.45, 7) is 0. The highest BCUT2D eigenvalue weighted by Gasteiger charge is 2.31. The number of carbonyl (C=O) groups is 7. The van der Waals surface area contributed by atoms with Gasteiger partial charge in [-0.1, -0.05) is 0 Å². The topological polar surface area (TPSA) is 280 Å². The molecule has 0 saturated carbocycles. The number of rotatable bonds is 15. The van der Waals surface area contributed by atoms with Crippen molar-refractivity contribution in [2.75, 3.05) is 5.75 Å². The monoisotopic (exact) mass is 477 g/mol. The SMILES string of the molecule is NC(=O)CCC(N)C(=O)NC(CS)C(=O)NC(CC(N)=O)C(=O)NC(CC(N)=O)C(=O)O. The molecule has 15 nitrogen and oxygen atoms in total. The molecule has 0 heterocycles. The largest absolute Gasteiger partial charge is 0.480 e. The number of carbonyl (C=O) groups excluding carboxylic acids is 6. The number of primary amides is 3. The van der Waals surface area contributed by atoms with Crippen molar-refractivity contribution in [2.24, 2.45) is 22.9 Å². The standard InChI is InChI=1S/C16H27N7O8S/c17-6(1-2-10(18)24)13(27)23-9(5-32)15(29)21-7(3-11(19)25)14(28)22-8(16(30)31)4-12(20)26/h6-9,32H,1-5,17H2,(H2,18,24)(H2,19,25)(H2,20,26)(H,21,29)(H,22,28)(H,23,27)(H,30,31). The molecule has 4 atom stereocenters. The van der Waals surface area contributed by atoms with Gasteiger partial charge in [0.2, 0.25) is 35.4 Å². The van der Waals surface area contributed by atoms with Crippen molar-refractivity contribution in [3.63, 3.8) is 0 Å². The van der Waals surface area contributed by atoms with E-state index in [2.05, 4.69) is 23.3 Å². The molecule has 0 aromatic heterocycles. The first-order valence-electron chi connectivity index (χ1n) is 9.13. The Bertz CT molecular complexity index is 763. The van der Waals surface area contributed by atoms with Crippen molar-refractivity contribution in [1.29, 1.82) is 0 Å². The van der Waals surface area contributed by atoms with Gasteiger partial charge in [0.1, 0.15) is 18.1 Å². The highest BCUT2D eigenvalue weighted by atomic mass is 32.1. The quantitative estimate of drug-likeness (QED) is 0.102. The summed E-state index contributed by atoms with van der Waals surface area (Å²) in [7, 11) is 0. The Morgan fingerprint density at radius 2 is 1.16 bits per heavy atom. The van der Waals surface area contributed by atoms with Crippen LogP contribution in [0.25, 0.3) is 0 Å². The lowest BCUT2D eigenvalue weighted by molar-refractivity contribution is -0.144. The van der Waals surface area contributed by atoms with Crippen LogP contribution >= 0.6 is 12.6 Å². The summed E-state index contributed by atoms with van der Waals surface area (Å²) in [5.74, 6) is -7.41. The molecule has 0 aliphatic rings. The highest BCUT2D eigenvalue weighted by molar-refractivity contribution is 7.80. The van der Waals surface area contributed by atoms with E-state index in [0.717, 1.165) is 0 Å². The lowest BCUT2D eigenvalue weighted by Crippen LogP contribution is -2.58. The summed E-state index contributed by atoms with van der Waals surface area (Å²) in [6.07, 6.45) is -1.70. The van der Waals surface area contributed by atoms with Gasteiger partial charge in [-0.2, -0.15) is 12.6 Å². The predicted molar refractivity (Wildman–Crippen MR) is 111 cm³/mol. The number of aliphatic carboxylic acids is 1. The van der Waals surface area contributed by atoms with E-state index in [1.807, 2.05) is 5.32 Å². The number of carboxylic acids is 1. The maximum Gasteiger partial charge on any atom is 0.326 e. The molecule has 12 N–H and O–H groups in total. The van der Waals surface area contributed by atoms with Crippen molar-refractivity contribution in [3.05, 3.63) is 0 Å². The van der Waals surface area contributed by atoms with Crippen LogP contribution in [0.4, 0.5) is 0 Å². The molecule has 0 saturated heterocycles. The lowest BCUT2D eigenvalue weighted by atomic mass is 10.1. The number of carboxylic acid groups (broad SMARTS) is 1. The van der Waals surface area contributed by atoms with E-state index in [9.17, 15) is 33.6 Å². The van der Waals surface area contributed by atoms with Gasteiger partial charge < -0.3 is 44.0 Å². The van der Waals surface area contributed by atoms with Crippen LogP contribution in [0.1, 0.15) is 25.7 Å². The van der Waals surface area contributed by atoms with Gasteiger partial charge in [-0.15, -0.1) is 0 Å². The lowest BCUT2D eigenvalue weighted by Gasteiger charge is -2.23. The molecule has 32 heavy (non-hydrogen) atoms. The zero-order valence-electron chi connectivity index (χ0n) is 16.9. The zero-order chi connectivity index (χ0) is 25.0. The Kier molecular flexibility index (Phi) is 12.3. The van der Waals surface area contributed by atoms with Crippen LogP contribution in [0.3, 0.4) is 0 Å². The minimum atomic E-state index is -1.71. The second-order valence-electron chi connectivity index (χ2n) is 6.66. The maximum atomic E-state index is 12.5. The van der Waals surface area contributed by atoms with Crippen molar-refractivity contribution in [3.8, 4) is 0 Å². The minimum Gasteiger partial charge on any atom is -0.480 e. The molecule has 0 aromatic rings. The summed E-state index contributed by atoms with van der Waals surface area (Å²) < 4.78 is 0. The first-order valence-corrected chi connectivity index (χ1v) is 9.76. The normalized spacial score (nSPS) is 14.2. The molecule has 180 valence electrons. The highest BCUT2D eigenvalue weighted by Crippen LogP contribution is 2.01. The molecule has 0 aliphatic carbocycles. The second-order valence-corrected chi connectivity index (χ2v) is 7.02. The second kappa shape index (κ2) is 13.8. The van der Waals surface area contributed by atoms with E-state index >= 15 is 0 Å². The maximum absolute atomic E-state index is 12.5. The number of thiol groups is 1. The van der Waals surface area contributed by atoms with Gasteiger partial charge in [-0.25, -0.2) is 4.79 Å². The van der Waals surface area contributed by atoms with Crippen LogP contribution in [0.5, 0.6) is 0 Å². The van der Waals surface area contributed by atoms with Gasteiger partial charge in [0.25, 0.3) is 0 Å². The smallest absolute Gasteiger partial charge is 0.326 e. The van der Waals surface area contributed by atoms with Crippen LogP contribution in [-0.2, 0) is 33.6 Å². The molecule has 0 rings (SSSR count). The van der Waals surface area contributed by atoms with Gasteiger partial charge in [0.15, 0.2) is 0 Å². The Hall–Kier alpha value is -3.40. The van der Waals surface area contributed by atoms with E-state index in [4.69, 9.17) is 28.0 Å². The Balaban J connectivity index is 5.27. The van der Waals surface area contributed by atoms with E-state index in [1.54, 1.807) is 0 Å². The van der Waals surface area contributed by atoms with Crippen molar-refractivity contribution < 1.29 is 38.7 Å². The number of nitrogens with two attached hydrogens (primary N) is 4. The molecule has 0 aromatic carbocycles. The number of amides is 6. The van der Waals surface area contributed by atoms with E-state index < -0.39 is 78.4 Å². The molecule has 0 fully saturated rings. The first kappa shape index (κ1) is 28.6. The summed E-state index contributed by atoms with van der Waals surface area (Å²) in [5.41, 5.74) is 20.6. The third-order valence-corrected chi connectivity index (χ3v) is 4.28. The molecular formula is C16H27N7O8S. The average Bonchev–Trinajstić information content (AvgIpc) is 2.67. The van der Waals surface area contributed by atoms with Gasteiger partial charge >= 0.3 is 5.97 Å². The molecule has 0 spiro atoms. The zero-order valence-corrected chi connectivity index (χ0v) is 17.8. The Morgan fingerprint density at radius 3 is 1.59 bits per heavy atom. The number of hydrogen-bond donors (Lipinski definition) is 9. The van der Waals surface area contributed by atoms with Crippen LogP contribution in [0.2, 0.25) is 0 Å². The van der Waals surface area contributed by atoms with Crippen molar-refractivity contribution >= 4 is 54.0 Å². The summed E-state index contributed by atoms with van der Waals surface area (Å²) in [6, 6.07) is -5.81. The van der Waals surface area contributed by atoms with Gasteiger partial charge in [-0.3, -0.25) is 28.8 Å². The van der Waals surface area contributed by atoms with Crippen LogP contribution in [0, 0.1) is 0 Å². The van der Waals surface area contributed by atoms with Crippen molar-refractivity contribution in [1.82, 2.24) is 16.0 Å². The average molecular weight is 478 g/mol. The van der Waals surface area contributed by atoms with Crippen LogP contribution in [0.15, 0.2) is 0 Å². The predicted octanol–water partition coefficient (Wildman–Crippen LogP) is -5.20. The summed E-state index contributed by atoms with van der Waals surface area (Å²) in [4.78, 5) is 81.2. The van der Waals surface area contributed by atoms with Gasteiger partial charge in [0, 0.05) is 12.2 Å². The Morgan fingerprint density at radius 1 is 0.719 bits per heavy atom. The fourth-order valence-corrected chi connectivity index (χ4v) is 2.52. The van der Waals surface area contributed by atoms with E-state index in [1.165, 1.54) is 0 Å². The number of hydrogen-bond acceptors (Lipinski definition) is 9. The van der Waals surface area contributed by atoms with E-state index in [-0.39, 0.29) is 18.6 Å². The number of nitrogens with one attached hydrogen (secondary N) is 3. The molecule has 0 aliphatic heterocycles. The first-order chi connectivity index (χ1) is 14.8. The fourth-order valence-electron chi connectivity index (χ4n) is 2.26.